The van der Waals surface area contributed by atoms with E-state index in [-0.39, 0.29) is 0 Å². The van der Waals surface area contributed by atoms with E-state index in [1.54, 1.807) is 0 Å². The molecule has 0 radical (unpaired) electrons. The predicted molar refractivity (Wildman–Crippen MR) is 68.4 cm³/mol. The lowest BCUT2D eigenvalue weighted by atomic mass is 9.87. The molecular formula is C13H24OS. The van der Waals surface area contributed by atoms with Gasteiger partial charge in [0.15, 0.2) is 0 Å². The Morgan fingerprint density at radius 3 is 2.40 bits per heavy atom. The lowest BCUT2D eigenvalue weighted by Crippen LogP contribution is -2.16. The van der Waals surface area contributed by atoms with E-state index in [0.717, 1.165) is 19.3 Å². The standard InChI is InChI=1S/C13H24OS/c1-13(2,3)7-4-12(14)10-11-5-8-15-9-6-11/h11H,4-10H2,1-3H3. The highest BCUT2D eigenvalue weighted by molar-refractivity contribution is 7.99. The molecule has 1 aliphatic rings. The van der Waals surface area contributed by atoms with Crippen molar-refractivity contribution in [3.8, 4) is 0 Å². The van der Waals surface area contributed by atoms with Gasteiger partial charge < -0.3 is 0 Å². The molecule has 0 bridgehead atoms. The summed E-state index contributed by atoms with van der Waals surface area (Å²) in [6.07, 6.45) is 5.18. The Labute approximate surface area is 98.4 Å². The fraction of sp³-hybridized carbons (Fsp3) is 0.923. The van der Waals surface area contributed by atoms with Crippen LogP contribution in [0.2, 0.25) is 0 Å². The monoisotopic (exact) mass is 228 g/mol. The van der Waals surface area contributed by atoms with Gasteiger partial charge in [-0.25, -0.2) is 0 Å². The number of rotatable bonds is 4. The van der Waals surface area contributed by atoms with Crippen LogP contribution in [0.15, 0.2) is 0 Å². The SMILES string of the molecule is CC(C)(C)CCC(=O)CC1CCSCC1. The quantitative estimate of drug-likeness (QED) is 0.725. The molecule has 1 rings (SSSR count). The summed E-state index contributed by atoms with van der Waals surface area (Å²) < 4.78 is 0. The average Bonchev–Trinajstić information content (AvgIpc) is 2.15. The molecule has 1 heterocycles. The minimum atomic E-state index is 0.304. The summed E-state index contributed by atoms with van der Waals surface area (Å²) >= 11 is 2.03. The Kier molecular flexibility index (Phi) is 5.17. The molecule has 0 N–H and O–H groups in total. The number of thioether (sulfide) groups is 1. The van der Waals surface area contributed by atoms with Crippen molar-refractivity contribution in [2.24, 2.45) is 11.3 Å². The molecule has 0 saturated carbocycles. The molecule has 2 heteroatoms. The Morgan fingerprint density at radius 1 is 1.27 bits per heavy atom. The van der Waals surface area contributed by atoms with E-state index < -0.39 is 0 Å². The van der Waals surface area contributed by atoms with Gasteiger partial charge >= 0.3 is 0 Å². The number of carbonyl (C=O) groups is 1. The van der Waals surface area contributed by atoms with Crippen LogP contribution in [-0.2, 0) is 4.79 Å². The van der Waals surface area contributed by atoms with Gasteiger partial charge in [-0.3, -0.25) is 4.79 Å². The predicted octanol–water partition coefficient (Wildman–Crippen LogP) is 3.92. The molecule has 0 aliphatic carbocycles. The number of hydrogen-bond acceptors (Lipinski definition) is 2. The summed E-state index contributed by atoms with van der Waals surface area (Å²) in [6.45, 7) is 6.62. The average molecular weight is 228 g/mol. The molecule has 1 saturated heterocycles. The van der Waals surface area contributed by atoms with Gasteiger partial charge in [-0.05, 0) is 42.1 Å². The third-order valence-electron chi connectivity index (χ3n) is 3.01. The second kappa shape index (κ2) is 5.93. The third kappa shape index (κ3) is 6.24. The van der Waals surface area contributed by atoms with Crippen molar-refractivity contribution in [3.05, 3.63) is 0 Å². The van der Waals surface area contributed by atoms with E-state index in [9.17, 15) is 4.79 Å². The molecule has 0 aromatic heterocycles. The maximum Gasteiger partial charge on any atom is 0.133 e. The van der Waals surface area contributed by atoms with Crippen molar-refractivity contribution in [2.45, 2.75) is 52.9 Å². The molecular weight excluding hydrogens is 204 g/mol. The van der Waals surface area contributed by atoms with Gasteiger partial charge in [0.1, 0.15) is 5.78 Å². The number of ketones is 1. The van der Waals surface area contributed by atoms with Gasteiger partial charge in [-0.1, -0.05) is 20.8 Å². The van der Waals surface area contributed by atoms with Crippen LogP contribution in [0.3, 0.4) is 0 Å². The van der Waals surface area contributed by atoms with Crippen LogP contribution in [0.5, 0.6) is 0 Å². The Hall–Kier alpha value is 0.0200. The summed E-state index contributed by atoms with van der Waals surface area (Å²) in [5.74, 6) is 3.70. The van der Waals surface area contributed by atoms with Crippen molar-refractivity contribution in [1.29, 1.82) is 0 Å². The van der Waals surface area contributed by atoms with Crippen LogP contribution in [0.1, 0.15) is 52.9 Å². The van der Waals surface area contributed by atoms with Crippen molar-refractivity contribution in [2.75, 3.05) is 11.5 Å². The van der Waals surface area contributed by atoms with E-state index >= 15 is 0 Å². The largest absolute Gasteiger partial charge is 0.300 e. The highest BCUT2D eigenvalue weighted by Crippen LogP contribution is 2.27. The lowest BCUT2D eigenvalue weighted by Gasteiger charge is -2.22. The van der Waals surface area contributed by atoms with Crippen LogP contribution in [-0.4, -0.2) is 17.3 Å². The molecule has 0 aromatic rings. The molecule has 1 fully saturated rings. The van der Waals surface area contributed by atoms with E-state index in [4.69, 9.17) is 0 Å². The minimum absolute atomic E-state index is 0.304. The van der Waals surface area contributed by atoms with Crippen LogP contribution < -0.4 is 0 Å². The Balaban J connectivity index is 2.17. The van der Waals surface area contributed by atoms with Crippen molar-refractivity contribution >= 4 is 17.5 Å². The van der Waals surface area contributed by atoms with Crippen molar-refractivity contribution < 1.29 is 4.79 Å². The first-order valence-corrected chi connectivity index (χ1v) is 7.22. The first-order valence-electron chi connectivity index (χ1n) is 6.07. The highest BCUT2D eigenvalue weighted by atomic mass is 32.2. The van der Waals surface area contributed by atoms with E-state index in [0.29, 0.717) is 17.1 Å². The van der Waals surface area contributed by atoms with Gasteiger partial charge in [0.2, 0.25) is 0 Å². The van der Waals surface area contributed by atoms with Crippen molar-refractivity contribution in [1.82, 2.24) is 0 Å². The molecule has 0 aromatic carbocycles. The van der Waals surface area contributed by atoms with Gasteiger partial charge in [0.05, 0.1) is 0 Å². The first kappa shape index (κ1) is 13.1. The van der Waals surface area contributed by atoms with Crippen LogP contribution in [0.4, 0.5) is 0 Å². The fourth-order valence-corrected chi connectivity index (χ4v) is 3.09. The first-order chi connectivity index (χ1) is 6.97. The van der Waals surface area contributed by atoms with Gasteiger partial charge in [-0.2, -0.15) is 11.8 Å². The third-order valence-corrected chi connectivity index (χ3v) is 4.06. The summed E-state index contributed by atoms with van der Waals surface area (Å²) in [5, 5.41) is 0. The molecule has 15 heavy (non-hydrogen) atoms. The van der Waals surface area contributed by atoms with Crippen molar-refractivity contribution in [3.63, 3.8) is 0 Å². The smallest absolute Gasteiger partial charge is 0.133 e. The highest BCUT2D eigenvalue weighted by Gasteiger charge is 2.18. The molecule has 0 unspecified atom stereocenters. The summed E-state index contributed by atoms with van der Waals surface area (Å²) in [5.41, 5.74) is 0.304. The van der Waals surface area contributed by atoms with Gasteiger partial charge in [0, 0.05) is 12.8 Å². The van der Waals surface area contributed by atoms with E-state index in [1.807, 2.05) is 11.8 Å². The number of Topliss-reactive ketones (excluding diaryl/α,β-unsaturated/α-hetero) is 1. The molecule has 0 amide bonds. The maximum atomic E-state index is 11.8. The lowest BCUT2D eigenvalue weighted by molar-refractivity contribution is -0.120. The molecule has 1 aliphatic heterocycles. The summed E-state index contributed by atoms with van der Waals surface area (Å²) in [4.78, 5) is 11.8. The van der Waals surface area contributed by atoms with Crippen LogP contribution in [0.25, 0.3) is 0 Å². The van der Waals surface area contributed by atoms with E-state index in [1.165, 1.54) is 24.3 Å². The van der Waals surface area contributed by atoms with E-state index in [2.05, 4.69) is 20.8 Å². The maximum absolute atomic E-state index is 11.8. The second-order valence-corrected chi connectivity index (χ2v) is 7.08. The van der Waals surface area contributed by atoms with Gasteiger partial charge in [-0.15, -0.1) is 0 Å². The molecule has 88 valence electrons. The Bertz CT molecular complexity index is 199. The normalized spacial score (nSPS) is 19.1. The van der Waals surface area contributed by atoms with Gasteiger partial charge in [0.25, 0.3) is 0 Å². The van der Waals surface area contributed by atoms with Crippen LogP contribution >= 0.6 is 11.8 Å². The zero-order valence-electron chi connectivity index (χ0n) is 10.3. The van der Waals surface area contributed by atoms with Crippen LogP contribution in [0, 0.1) is 11.3 Å². The minimum Gasteiger partial charge on any atom is -0.300 e. The molecule has 0 atom stereocenters. The molecule has 1 nitrogen and oxygen atoms in total. The topological polar surface area (TPSA) is 17.1 Å². The fourth-order valence-electron chi connectivity index (χ4n) is 1.89. The second-order valence-electron chi connectivity index (χ2n) is 5.86. The zero-order valence-corrected chi connectivity index (χ0v) is 11.2. The summed E-state index contributed by atoms with van der Waals surface area (Å²) in [6, 6.07) is 0. The Morgan fingerprint density at radius 2 is 1.87 bits per heavy atom. The number of hydrogen-bond donors (Lipinski definition) is 0. The summed E-state index contributed by atoms with van der Waals surface area (Å²) in [7, 11) is 0. The zero-order chi connectivity index (χ0) is 11.3. The molecule has 0 spiro atoms. The number of carbonyl (C=O) groups excluding carboxylic acids is 1.